The average molecular weight is 266 g/mol. The Morgan fingerprint density at radius 2 is 2.22 bits per heavy atom. The first-order valence-corrected chi connectivity index (χ1v) is 6.01. The van der Waals surface area contributed by atoms with E-state index in [4.69, 9.17) is 10.5 Å². The first-order chi connectivity index (χ1) is 8.59. The van der Waals surface area contributed by atoms with Crippen LogP contribution in [0.2, 0.25) is 0 Å². The molecule has 2 rings (SSSR count). The lowest BCUT2D eigenvalue weighted by atomic mass is 10.1. The van der Waals surface area contributed by atoms with Gasteiger partial charge >= 0.3 is 0 Å². The fourth-order valence-electron chi connectivity index (χ4n) is 1.89. The number of morpholine rings is 1. The maximum Gasteiger partial charge on any atom is 0.254 e. The van der Waals surface area contributed by atoms with Crippen LogP contribution in [0.5, 0.6) is 0 Å². The fourth-order valence-corrected chi connectivity index (χ4v) is 2.11. The number of thiol groups is 1. The number of nitrogens with two attached hydrogens (primary N) is 1. The summed E-state index contributed by atoms with van der Waals surface area (Å²) in [6.45, 7) is 0.932. The zero-order chi connectivity index (χ0) is 13.1. The Morgan fingerprint density at radius 3 is 2.89 bits per heavy atom. The molecule has 1 fully saturated rings. The molecule has 0 saturated carbocycles. The summed E-state index contributed by atoms with van der Waals surface area (Å²) in [6.07, 6.45) is 0. The molecule has 2 amide bonds. The molecular weight excluding hydrogens is 252 g/mol. The second-order valence-electron chi connectivity index (χ2n) is 4.04. The summed E-state index contributed by atoms with van der Waals surface area (Å²) < 4.78 is 5.17. The second-order valence-corrected chi connectivity index (χ2v) is 4.56. The van der Waals surface area contributed by atoms with Gasteiger partial charge < -0.3 is 15.4 Å². The van der Waals surface area contributed by atoms with Crippen LogP contribution in [-0.2, 0) is 9.53 Å². The van der Waals surface area contributed by atoms with Crippen molar-refractivity contribution in [3.8, 4) is 0 Å². The lowest BCUT2D eigenvalue weighted by Gasteiger charge is -2.33. The average Bonchev–Trinajstić information content (AvgIpc) is 2.38. The molecule has 0 spiro atoms. The van der Waals surface area contributed by atoms with Gasteiger partial charge in [0.1, 0.15) is 6.04 Å². The van der Waals surface area contributed by atoms with Crippen molar-refractivity contribution in [2.24, 2.45) is 5.73 Å². The van der Waals surface area contributed by atoms with E-state index in [0.717, 1.165) is 0 Å². The molecule has 1 unspecified atom stereocenters. The zero-order valence-corrected chi connectivity index (χ0v) is 10.6. The minimum atomic E-state index is -0.699. The molecule has 0 aromatic heterocycles. The second kappa shape index (κ2) is 5.41. The number of carbonyl (C=O) groups is 2. The Hall–Kier alpha value is -1.53. The number of carbonyl (C=O) groups excluding carboxylic acids is 2. The number of amides is 2. The lowest BCUT2D eigenvalue weighted by Crippen LogP contribution is -2.54. The van der Waals surface area contributed by atoms with Gasteiger partial charge in [-0.1, -0.05) is 6.07 Å². The van der Waals surface area contributed by atoms with Crippen molar-refractivity contribution in [3.05, 3.63) is 29.8 Å². The van der Waals surface area contributed by atoms with E-state index in [2.05, 4.69) is 12.6 Å². The molecule has 1 atom stereocenters. The van der Waals surface area contributed by atoms with E-state index in [1.165, 1.54) is 4.90 Å². The van der Waals surface area contributed by atoms with Gasteiger partial charge in [0.2, 0.25) is 5.91 Å². The van der Waals surface area contributed by atoms with Crippen LogP contribution in [0.3, 0.4) is 0 Å². The number of hydrogen-bond acceptors (Lipinski definition) is 4. The van der Waals surface area contributed by atoms with Crippen molar-refractivity contribution in [2.45, 2.75) is 10.9 Å². The molecule has 1 aliphatic rings. The zero-order valence-electron chi connectivity index (χ0n) is 9.70. The highest BCUT2D eigenvalue weighted by Crippen LogP contribution is 2.15. The Kier molecular flexibility index (Phi) is 3.88. The minimum Gasteiger partial charge on any atom is -0.377 e. The van der Waals surface area contributed by atoms with Crippen LogP contribution in [0, 0.1) is 0 Å². The van der Waals surface area contributed by atoms with Crippen molar-refractivity contribution in [1.82, 2.24) is 4.90 Å². The van der Waals surface area contributed by atoms with E-state index in [1.54, 1.807) is 24.3 Å². The maximum absolute atomic E-state index is 12.3. The quantitative estimate of drug-likeness (QED) is 0.756. The van der Waals surface area contributed by atoms with Crippen molar-refractivity contribution >= 4 is 24.4 Å². The van der Waals surface area contributed by atoms with Gasteiger partial charge in [0, 0.05) is 17.0 Å². The molecule has 0 aliphatic carbocycles. The summed E-state index contributed by atoms with van der Waals surface area (Å²) >= 11 is 4.19. The molecule has 18 heavy (non-hydrogen) atoms. The van der Waals surface area contributed by atoms with Crippen molar-refractivity contribution in [3.63, 3.8) is 0 Å². The number of nitrogens with zero attached hydrogens (tertiary/aromatic N) is 1. The molecule has 1 aromatic rings. The Bertz CT molecular complexity index is 478. The van der Waals surface area contributed by atoms with E-state index in [0.29, 0.717) is 23.6 Å². The molecule has 5 nitrogen and oxygen atoms in total. The number of primary amides is 1. The number of hydrogen-bond donors (Lipinski definition) is 2. The van der Waals surface area contributed by atoms with Crippen LogP contribution in [0.4, 0.5) is 0 Å². The lowest BCUT2D eigenvalue weighted by molar-refractivity contribution is -0.127. The van der Waals surface area contributed by atoms with Crippen molar-refractivity contribution < 1.29 is 14.3 Å². The summed E-state index contributed by atoms with van der Waals surface area (Å²) in [4.78, 5) is 25.7. The van der Waals surface area contributed by atoms with Gasteiger partial charge in [0.15, 0.2) is 0 Å². The van der Waals surface area contributed by atoms with Crippen molar-refractivity contribution in [1.29, 1.82) is 0 Å². The Labute approximate surface area is 110 Å². The molecule has 96 valence electrons. The van der Waals surface area contributed by atoms with Crippen LogP contribution in [0.1, 0.15) is 10.4 Å². The Balaban J connectivity index is 2.23. The molecule has 1 aliphatic heterocycles. The molecule has 1 heterocycles. The standard InChI is InChI=1S/C12H14N2O3S/c13-11(15)10-7-17-5-4-14(10)12(16)8-2-1-3-9(18)6-8/h1-3,6,10,18H,4-5,7H2,(H2,13,15). The summed E-state index contributed by atoms with van der Waals surface area (Å²) in [5.41, 5.74) is 5.77. The molecule has 6 heteroatoms. The van der Waals surface area contributed by atoms with Crippen LogP contribution in [0.25, 0.3) is 0 Å². The summed E-state index contributed by atoms with van der Waals surface area (Å²) in [5.74, 6) is -0.775. The normalized spacial score (nSPS) is 19.6. The predicted molar refractivity (Wildman–Crippen MR) is 68.5 cm³/mol. The summed E-state index contributed by atoms with van der Waals surface area (Å²) in [5, 5.41) is 0. The van der Waals surface area contributed by atoms with Gasteiger partial charge in [-0.3, -0.25) is 9.59 Å². The number of benzene rings is 1. The third kappa shape index (κ3) is 2.65. The van der Waals surface area contributed by atoms with E-state index in [9.17, 15) is 9.59 Å². The Morgan fingerprint density at radius 1 is 1.44 bits per heavy atom. The summed E-state index contributed by atoms with van der Waals surface area (Å²) in [6, 6.07) is 6.18. The fraction of sp³-hybridized carbons (Fsp3) is 0.333. The first-order valence-electron chi connectivity index (χ1n) is 5.56. The van der Waals surface area contributed by atoms with E-state index < -0.39 is 11.9 Å². The van der Waals surface area contributed by atoms with Crippen molar-refractivity contribution in [2.75, 3.05) is 19.8 Å². The van der Waals surface area contributed by atoms with Crippen LogP contribution in [0.15, 0.2) is 29.2 Å². The molecule has 2 N–H and O–H groups in total. The van der Waals surface area contributed by atoms with Gasteiger partial charge in [-0.2, -0.15) is 0 Å². The minimum absolute atomic E-state index is 0.154. The van der Waals surface area contributed by atoms with Gasteiger partial charge in [-0.25, -0.2) is 0 Å². The molecule has 1 aromatic carbocycles. The molecule has 0 radical (unpaired) electrons. The highest BCUT2D eigenvalue weighted by Gasteiger charge is 2.31. The SMILES string of the molecule is NC(=O)C1COCCN1C(=O)c1cccc(S)c1. The van der Waals surface area contributed by atoms with E-state index in [-0.39, 0.29) is 12.5 Å². The van der Waals surface area contributed by atoms with Gasteiger partial charge in [0.25, 0.3) is 5.91 Å². The van der Waals surface area contributed by atoms with E-state index in [1.807, 2.05) is 0 Å². The van der Waals surface area contributed by atoms with Gasteiger partial charge in [-0.05, 0) is 18.2 Å². The predicted octanol–water partition coefficient (Wildman–Crippen LogP) is 0.302. The smallest absolute Gasteiger partial charge is 0.254 e. The largest absolute Gasteiger partial charge is 0.377 e. The van der Waals surface area contributed by atoms with Crippen LogP contribution < -0.4 is 5.73 Å². The monoisotopic (exact) mass is 266 g/mol. The highest BCUT2D eigenvalue weighted by molar-refractivity contribution is 7.80. The molecular formula is C12H14N2O3S. The number of ether oxygens (including phenoxy) is 1. The van der Waals surface area contributed by atoms with Gasteiger partial charge in [0.05, 0.1) is 13.2 Å². The topological polar surface area (TPSA) is 72.6 Å². The summed E-state index contributed by atoms with van der Waals surface area (Å²) in [7, 11) is 0. The van der Waals surface area contributed by atoms with Crippen LogP contribution in [-0.4, -0.2) is 42.5 Å². The number of rotatable bonds is 2. The third-order valence-electron chi connectivity index (χ3n) is 2.81. The third-order valence-corrected chi connectivity index (χ3v) is 3.09. The van der Waals surface area contributed by atoms with E-state index >= 15 is 0 Å². The van der Waals surface area contributed by atoms with Crippen LogP contribution >= 0.6 is 12.6 Å². The molecule has 1 saturated heterocycles. The van der Waals surface area contributed by atoms with Gasteiger partial charge in [-0.15, -0.1) is 12.6 Å². The molecule has 0 bridgehead atoms. The first kappa shape index (κ1) is 12.9. The highest BCUT2D eigenvalue weighted by atomic mass is 32.1. The maximum atomic E-state index is 12.3.